The first-order valence-corrected chi connectivity index (χ1v) is 5.64. The summed E-state index contributed by atoms with van der Waals surface area (Å²) >= 11 is 5.71. The number of nitrogens with two attached hydrogens (primary N) is 1. The van der Waals surface area contributed by atoms with Gasteiger partial charge in [0.2, 0.25) is 0 Å². The highest BCUT2D eigenvalue weighted by atomic mass is 35.5. The molecule has 4 N–H and O–H groups in total. The quantitative estimate of drug-likeness (QED) is 0.797. The Morgan fingerprint density at radius 1 is 1.40 bits per heavy atom. The van der Waals surface area contributed by atoms with Gasteiger partial charge in [0.15, 0.2) is 0 Å². The molecule has 0 bridgehead atoms. The molecule has 2 aromatic rings. The van der Waals surface area contributed by atoms with E-state index in [-0.39, 0.29) is 22.1 Å². The van der Waals surface area contributed by atoms with Crippen LogP contribution in [0.2, 0.25) is 5.02 Å². The maximum atomic E-state index is 12.5. The molecule has 5 nitrogen and oxygen atoms in total. The van der Waals surface area contributed by atoms with Gasteiger partial charge in [-0.05, 0) is 18.2 Å². The third-order valence-electron chi connectivity index (χ3n) is 2.44. The fraction of sp³-hybridized carbons (Fsp3) is 0.0909. The summed E-state index contributed by atoms with van der Waals surface area (Å²) in [7, 11) is 0. The Bertz CT molecular complexity index is 653. The van der Waals surface area contributed by atoms with Gasteiger partial charge in [0.1, 0.15) is 5.69 Å². The molecule has 0 saturated carbocycles. The largest absolute Gasteiger partial charge is 0.416 e. The zero-order chi connectivity index (χ0) is 14.9. The number of rotatable bonds is 2. The number of anilines is 2. The molecule has 20 heavy (non-hydrogen) atoms. The number of carbonyl (C=O) groups is 1. The Hall–Kier alpha value is -2.22. The van der Waals surface area contributed by atoms with Crippen molar-refractivity contribution < 1.29 is 18.0 Å². The average molecular weight is 305 g/mol. The van der Waals surface area contributed by atoms with E-state index in [2.05, 4.69) is 15.5 Å². The predicted molar refractivity (Wildman–Crippen MR) is 67.4 cm³/mol. The Kier molecular flexibility index (Phi) is 3.58. The number of amides is 1. The number of hydrogen-bond acceptors (Lipinski definition) is 3. The van der Waals surface area contributed by atoms with Crippen LogP contribution < -0.4 is 11.1 Å². The number of halogens is 4. The molecule has 0 atom stereocenters. The minimum atomic E-state index is -4.50. The van der Waals surface area contributed by atoms with Crippen molar-refractivity contribution in [3.63, 3.8) is 0 Å². The van der Waals surface area contributed by atoms with Gasteiger partial charge in [0, 0.05) is 0 Å². The summed E-state index contributed by atoms with van der Waals surface area (Å²) in [5.41, 5.74) is 4.73. The molecular weight excluding hydrogens is 297 g/mol. The van der Waals surface area contributed by atoms with E-state index in [1.165, 1.54) is 6.20 Å². The number of hydrogen-bond donors (Lipinski definition) is 3. The van der Waals surface area contributed by atoms with E-state index in [1.807, 2.05) is 0 Å². The molecule has 0 fully saturated rings. The van der Waals surface area contributed by atoms with Crippen LogP contribution in [0, 0.1) is 0 Å². The van der Waals surface area contributed by atoms with E-state index in [4.69, 9.17) is 17.3 Å². The number of aromatic nitrogens is 2. The number of nitrogen functional groups attached to an aromatic ring is 1. The van der Waals surface area contributed by atoms with E-state index in [0.717, 1.165) is 18.2 Å². The number of alkyl halides is 3. The van der Waals surface area contributed by atoms with E-state index in [1.54, 1.807) is 0 Å². The molecular formula is C11H8ClF3N4O. The summed E-state index contributed by atoms with van der Waals surface area (Å²) in [5.74, 6) is -0.651. The number of nitrogens with one attached hydrogen (secondary N) is 2. The third-order valence-corrected chi connectivity index (χ3v) is 2.75. The van der Waals surface area contributed by atoms with Gasteiger partial charge in [0.25, 0.3) is 5.91 Å². The third kappa shape index (κ3) is 2.85. The Morgan fingerprint density at radius 2 is 2.10 bits per heavy atom. The summed E-state index contributed by atoms with van der Waals surface area (Å²) in [6.45, 7) is 0. The van der Waals surface area contributed by atoms with E-state index in [9.17, 15) is 18.0 Å². The second-order valence-corrected chi connectivity index (χ2v) is 4.25. The van der Waals surface area contributed by atoms with E-state index in [0.29, 0.717) is 0 Å². The van der Waals surface area contributed by atoms with Crippen LogP contribution in [0.5, 0.6) is 0 Å². The van der Waals surface area contributed by atoms with Crippen LogP contribution in [-0.4, -0.2) is 16.1 Å². The fourth-order valence-electron chi connectivity index (χ4n) is 1.45. The van der Waals surface area contributed by atoms with Crippen LogP contribution in [0.25, 0.3) is 0 Å². The summed E-state index contributed by atoms with van der Waals surface area (Å²) in [6, 6.07) is 2.61. The molecule has 1 aromatic carbocycles. The Balaban J connectivity index is 2.23. The lowest BCUT2D eigenvalue weighted by atomic mass is 10.2. The van der Waals surface area contributed by atoms with Crippen molar-refractivity contribution in [2.45, 2.75) is 6.18 Å². The van der Waals surface area contributed by atoms with Crippen molar-refractivity contribution in [3.8, 4) is 0 Å². The number of H-pyrrole nitrogens is 1. The molecule has 0 radical (unpaired) electrons. The number of benzene rings is 1. The zero-order valence-corrected chi connectivity index (χ0v) is 10.5. The van der Waals surface area contributed by atoms with Crippen LogP contribution in [0.4, 0.5) is 24.5 Å². The van der Waals surface area contributed by atoms with E-state index >= 15 is 0 Å². The lowest BCUT2D eigenvalue weighted by Crippen LogP contribution is -2.15. The molecule has 0 aliphatic rings. The lowest BCUT2D eigenvalue weighted by Gasteiger charge is -2.10. The van der Waals surface area contributed by atoms with E-state index < -0.39 is 17.6 Å². The predicted octanol–water partition coefficient (Wildman–Crippen LogP) is 2.92. The molecule has 1 amide bonds. The summed E-state index contributed by atoms with van der Waals surface area (Å²) in [6.07, 6.45) is -3.26. The van der Waals surface area contributed by atoms with Crippen molar-refractivity contribution in [2.75, 3.05) is 11.1 Å². The lowest BCUT2D eigenvalue weighted by molar-refractivity contribution is -0.137. The molecule has 2 rings (SSSR count). The smallest absolute Gasteiger partial charge is 0.396 e. The van der Waals surface area contributed by atoms with Crippen molar-refractivity contribution >= 4 is 28.9 Å². The molecule has 9 heteroatoms. The first-order chi connectivity index (χ1) is 9.29. The summed E-state index contributed by atoms with van der Waals surface area (Å²) in [5, 5.41) is 8.04. The highest BCUT2D eigenvalue weighted by Crippen LogP contribution is 2.33. The monoisotopic (exact) mass is 304 g/mol. The van der Waals surface area contributed by atoms with Crippen molar-refractivity contribution in [3.05, 3.63) is 40.7 Å². The normalized spacial score (nSPS) is 11.4. The first kappa shape index (κ1) is 14.2. The first-order valence-electron chi connectivity index (χ1n) is 5.26. The molecule has 0 unspecified atom stereocenters. The maximum Gasteiger partial charge on any atom is 0.416 e. The molecule has 106 valence electrons. The van der Waals surface area contributed by atoms with Crippen LogP contribution in [-0.2, 0) is 6.18 Å². The topological polar surface area (TPSA) is 83.8 Å². The molecule has 1 aromatic heterocycles. The highest BCUT2D eigenvalue weighted by Gasteiger charge is 2.31. The average Bonchev–Trinajstić information content (AvgIpc) is 2.76. The van der Waals surface area contributed by atoms with Gasteiger partial charge in [-0.15, -0.1) is 0 Å². The van der Waals surface area contributed by atoms with Crippen molar-refractivity contribution in [1.29, 1.82) is 0 Å². The minimum absolute atomic E-state index is 0.000893. The van der Waals surface area contributed by atoms with Crippen molar-refractivity contribution in [2.24, 2.45) is 0 Å². The highest BCUT2D eigenvalue weighted by molar-refractivity contribution is 6.34. The zero-order valence-electron chi connectivity index (χ0n) is 9.75. The molecule has 0 aliphatic carbocycles. The molecule has 0 aliphatic heterocycles. The standard InChI is InChI=1S/C11H8ClF3N4O/c12-6-3-5(11(13,14)15)1-2-8(6)18-10(20)9-7(16)4-17-19-9/h1-4H,16H2,(H,17,19)(H,18,20). The van der Waals surface area contributed by atoms with Crippen molar-refractivity contribution in [1.82, 2.24) is 10.2 Å². The van der Waals surface area contributed by atoms with Crippen LogP contribution in [0.1, 0.15) is 16.1 Å². The Morgan fingerprint density at radius 3 is 2.60 bits per heavy atom. The SMILES string of the molecule is Nc1cn[nH]c1C(=O)Nc1ccc(C(F)(F)F)cc1Cl. The summed E-state index contributed by atoms with van der Waals surface area (Å²) in [4.78, 5) is 11.8. The maximum absolute atomic E-state index is 12.5. The molecule has 0 saturated heterocycles. The second-order valence-electron chi connectivity index (χ2n) is 3.85. The van der Waals surface area contributed by atoms with Crippen LogP contribution in [0.3, 0.4) is 0 Å². The number of aromatic amines is 1. The number of nitrogens with zero attached hydrogens (tertiary/aromatic N) is 1. The summed E-state index contributed by atoms with van der Waals surface area (Å²) < 4.78 is 37.4. The fourth-order valence-corrected chi connectivity index (χ4v) is 1.68. The van der Waals surface area contributed by atoms with Gasteiger partial charge in [-0.25, -0.2) is 0 Å². The van der Waals surface area contributed by atoms with Gasteiger partial charge in [-0.3, -0.25) is 9.89 Å². The number of carbonyl (C=O) groups excluding carboxylic acids is 1. The van der Waals surface area contributed by atoms with Gasteiger partial charge in [-0.2, -0.15) is 18.3 Å². The minimum Gasteiger partial charge on any atom is -0.396 e. The molecule has 0 spiro atoms. The van der Waals surface area contributed by atoms with Gasteiger partial charge < -0.3 is 11.1 Å². The van der Waals surface area contributed by atoms with Gasteiger partial charge in [-0.1, -0.05) is 11.6 Å². The van der Waals surface area contributed by atoms with Crippen LogP contribution >= 0.6 is 11.6 Å². The van der Waals surface area contributed by atoms with Crippen LogP contribution in [0.15, 0.2) is 24.4 Å². The van der Waals surface area contributed by atoms with Gasteiger partial charge >= 0.3 is 6.18 Å². The molecule has 1 heterocycles. The Labute approximate surface area is 115 Å². The van der Waals surface area contributed by atoms with Gasteiger partial charge in [0.05, 0.1) is 28.2 Å². The second kappa shape index (κ2) is 5.04.